The van der Waals surface area contributed by atoms with E-state index in [4.69, 9.17) is 21.6 Å². The lowest BCUT2D eigenvalue weighted by atomic mass is 10.1. The minimum absolute atomic E-state index is 0.0872. The van der Waals surface area contributed by atoms with Crippen LogP contribution in [0.3, 0.4) is 0 Å². The van der Waals surface area contributed by atoms with Gasteiger partial charge in [-0.15, -0.1) is 11.8 Å². The zero-order chi connectivity index (χ0) is 21.1. The predicted molar refractivity (Wildman–Crippen MR) is 128 cm³/mol. The number of rotatable bonds is 4. The molecule has 0 saturated heterocycles. The van der Waals surface area contributed by atoms with Crippen LogP contribution in [0.2, 0.25) is 5.02 Å². The lowest BCUT2D eigenvalue weighted by molar-refractivity contribution is -0.119. The average Bonchev–Trinajstić information content (AvgIpc) is 3.16. The molecular weight excluding hydrogens is 414 g/mol. The van der Waals surface area contributed by atoms with E-state index in [2.05, 4.69) is 31.3 Å². The molecule has 0 spiro atoms. The van der Waals surface area contributed by atoms with Crippen LogP contribution >= 0.6 is 23.4 Å². The molecule has 1 amide bonds. The molecule has 4 rings (SSSR count). The molecule has 1 N–H and O–H groups in total. The highest BCUT2D eigenvalue weighted by Crippen LogP contribution is 2.36. The number of fused-ring (bicyclic) bond motifs is 1. The number of amides is 1. The standard InChI is InChI=1S/C24H26ClN3OS/c1-15-11-21-22(12-16(15)2)28-24(30-14-23(29)26-19-5-3-4-6-19)13-20(27-21)17-7-9-18(25)10-8-17/h7-12,19H,3-6,13-14H2,1-2H3,(H,26,29). The molecule has 6 heteroatoms. The van der Waals surface area contributed by atoms with Crippen LogP contribution in [0.25, 0.3) is 0 Å². The number of carbonyl (C=O) groups is 1. The van der Waals surface area contributed by atoms with Crippen LogP contribution in [0.4, 0.5) is 11.4 Å². The summed E-state index contributed by atoms with van der Waals surface area (Å²) in [6.07, 6.45) is 5.20. The summed E-state index contributed by atoms with van der Waals surface area (Å²) in [5.41, 5.74) is 6.07. The van der Waals surface area contributed by atoms with Crippen LogP contribution in [0.15, 0.2) is 46.4 Å². The second-order valence-corrected chi connectivity index (χ2v) is 9.50. The fourth-order valence-electron chi connectivity index (χ4n) is 3.85. The Morgan fingerprint density at radius 1 is 1.07 bits per heavy atom. The van der Waals surface area contributed by atoms with Crippen molar-refractivity contribution in [1.29, 1.82) is 0 Å². The van der Waals surface area contributed by atoms with E-state index in [1.54, 1.807) is 0 Å². The summed E-state index contributed by atoms with van der Waals surface area (Å²) in [5, 5.41) is 4.77. The van der Waals surface area contributed by atoms with Gasteiger partial charge in [0.15, 0.2) is 0 Å². The van der Waals surface area contributed by atoms with Crippen molar-refractivity contribution in [1.82, 2.24) is 5.32 Å². The monoisotopic (exact) mass is 439 g/mol. The first-order valence-corrected chi connectivity index (χ1v) is 11.8. The number of hydrogen-bond acceptors (Lipinski definition) is 4. The number of nitrogens with zero attached hydrogens (tertiary/aromatic N) is 2. The van der Waals surface area contributed by atoms with E-state index in [9.17, 15) is 4.79 Å². The van der Waals surface area contributed by atoms with Gasteiger partial charge in [0.05, 0.1) is 27.9 Å². The van der Waals surface area contributed by atoms with Crippen molar-refractivity contribution >= 4 is 51.4 Å². The number of nitrogens with one attached hydrogen (secondary N) is 1. The molecule has 1 aliphatic heterocycles. The van der Waals surface area contributed by atoms with E-state index in [1.165, 1.54) is 35.7 Å². The van der Waals surface area contributed by atoms with E-state index in [-0.39, 0.29) is 5.91 Å². The molecular formula is C24H26ClN3OS. The van der Waals surface area contributed by atoms with Crippen LogP contribution in [-0.2, 0) is 4.79 Å². The Labute approximate surface area is 187 Å². The quantitative estimate of drug-likeness (QED) is 0.607. The fraction of sp³-hybridized carbons (Fsp3) is 0.375. The van der Waals surface area contributed by atoms with Gasteiger partial charge in [0.25, 0.3) is 0 Å². The second-order valence-electron chi connectivity index (χ2n) is 8.01. The molecule has 0 unspecified atom stereocenters. The highest BCUT2D eigenvalue weighted by atomic mass is 35.5. The maximum Gasteiger partial charge on any atom is 0.230 e. The molecule has 30 heavy (non-hydrogen) atoms. The SMILES string of the molecule is Cc1cc2c(cc1C)N=C(c1ccc(Cl)cc1)CC(SCC(=O)NC1CCCC1)=N2. The average molecular weight is 440 g/mol. The third-order valence-corrected chi connectivity index (χ3v) is 6.91. The largest absolute Gasteiger partial charge is 0.353 e. The van der Waals surface area contributed by atoms with Crippen LogP contribution in [-0.4, -0.2) is 28.5 Å². The summed E-state index contributed by atoms with van der Waals surface area (Å²) in [6.45, 7) is 4.17. The molecule has 1 fully saturated rings. The van der Waals surface area contributed by atoms with E-state index in [1.807, 2.05) is 24.3 Å². The second kappa shape index (κ2) is 9.36. The number of hydrogen-bond donors (Lipinski definition) is 1. The zero-order valence-corrected chi connectivity index (χ0v) is 18.9. The van der Waals surface area contributed by atoms with Crippen LogP contribution < -0.4 is 5.32 Å². The van der Waals surface area contributed by atoms with Gasteiger partial charge in [-0.2, -0.15) is 0 Å². The van der Waals surface area contributed by atoms with Crippen molar-refractivity contribution < 1.29 is 4.79 Å². The molecule has 4 nitrogen and oxygen atoms in total. The van der Waals surface area contributed by atoms with E-state index in [0.29, 0.717) is 23.2 Å². The van der Waals surface area contributed by atoms with Crippen molar-refractivity contribution in [2.24, 2.45) is 9.98 Å². The Hall–Kier alpha value is -2.11. The lowest BCUT2D eigenvalue weighted by Crippen LogP contribution is -2.34. The highest BCUT2D eigenvalue weighted by molar-refractivity contribution is 8.14. The third-order valence-electron chi connectivity index (χ3n) is 5.68. The van der Waals surface area contributed by atoms with Crippen LogP contribution in [0, 0.1) is 13.8 Å². The third kappa shape index (κ3) is 5.13. The number of thioether (sulfide) groups is 1. The Kier molecular flexibility index (Phi) is 6.59. The van der Waals surface area contributed by atoms with Gasteiger partial charge >= 0.3 is 0 Å². The smallest absolute Gasteiger partial charge is 0.230 e. The molecule has 0 radical (unpaired) electrons. The summed E-state index contributed by atoms with van der Waals surface area (Å²) in [6, 6.07) is 12.2. The minimum atomic E-state index is 0.0872. The van der Waals surface area contributed by atoms with Crippen molar-refractivity contribution in [2.75, 3.05) is 5.75 Å². The summed E-state index contributed by atoms with van der Waals surface area (Å²) in [5.74, 6) is 0.466. The van der Waals surface area contributed by atoms with E-state index >= 15 is 0 Å². The van der Waals surface area contributed by atoms with Gasteiger partial charge in [0.1, 0.15) is 0 Å². The normalized spacial score (nSPS) is 16.5. The molecule has 2 aromatic carbocycles. The number of benzene rings is 2. The summed E-state index contributed by atoms with van der Waals surface area (Å²) < 4.78 is 0. The highest BCUT2D eigenvalue weighted by Gasteiger charge is 2.20. The van der Waals surface area contributed by atoms with E-state index < -0.39 is 0 Å². The van der Waals surface area contributed by atoms with Crippen LogP contribution in [0.5, 0.6) is 0 Å². The van der Waals surface area contributed by atoms with Gasteiger partial charge in [-0.1, -0.05) is 36.6 Å². The van der Waals surface area contributed by atoms with Gasteiger partial charge < -0.3 is 5.32 Å². The number of carbonyl (C=O) groups excluding carboxylic acids is 1. The molecule has 156 valence electrons. The Balaban J connectivity index is 1.58. The summed E-state index contributed by atoms with van der Waals surface area (Å²) >= 11 is 7.58. The van der Waals surface area contributed by atoms with Crippen molar-refractivity contribution in [3.8, 4) is 0 Å². The first-order chi connectivity index (χ1) is 14.5. The molecule has 0 atom stereocenters. The topological polar surface area (TPSA) is 53.8 Å². The van der Waals surface area contributed by atoms with Gasteiger partial charge in [-0.25, -0.2) is 4.99 Å². The number of aliphatic imine (C=N–C) groups is 2. The van der Waals surface area contributed by atoms with Gasteiger partial charge in [-0.05, 0) is 67.6 Å². The summed E-state index contributed by atoms with van der Waals surface area (Å²) in [7, 11) is 0. The lowest BCUT2D eigenvalue weighted by Gasteiger charge is -2.12. The molecule has 2 aromatic rings. The van der Waals surface area contributed by atoms with Crippen molar-refractivity contribution in [3.63, 3.8) is 0 Å². The Bertz CT molecular complexity index is 1010. The Morgan fingerprint density at radius 2 is 1.70 bits per heavy atom. The summed E-state index contributed by atoms with van der Waals surface area (Å²) in [4.78, 5) is 22.3. The van der Waals surface area contributed by atoms with Crippen molar-refractivity contribution in [3.05, 3.63) is 58.1 Å². The predicted octanol–water partition coefficient (Wildman–Crippen LogP) is 6.30. The molecule has 1 aliphatic carbocycles. The van der Waals surface area contributed by atoms with Crippen molar-refractivity contribution in [2.45, 2.75) is 52.0 Å². The first-order valence-electron chi connectivity index (χ1n) is 10.4. The number of halogens is 1. The molecule has 1 heterocycles. The van der Waals surface area contributed by atoms with E-state index in [0.717, 1.165) is 40.5 Å². The number of aryl methyl sites for hydroxylation is 2. The molecule has 0 aromatic heterocycles. The van der Waals surface area contributed by atoms with Gasteiger partial charge in [-0.3, -0.25) is 9.79 Å². The van der Waals surface area contributed by atoms with Gasteiger partial charge in [0, 0.05) is 17.5 Å². The minimum Gasteiger partial charge on any atom is -0.353 e. The zero-order valence-electron chi connectivity index (χ0n) is 17.4. The maximum atomic E-state index is 12.4. The van der Waals surface area contributed by atoms with Crippen LogP contribution in [0.1, 0.15) is 48.8 Å². The first kappa shape index (κ1) is 21.1. The fourth-order valence-corrected chi connectivity index (χ4v) is 4.76. The molecule has 1 saturated carbocycles. The Morgan fingerprint density at radius 3 is 2.37 bits per heavy atom. The van der Waals surface area contributed by atoms with Gasteiger partial charge in [0.2, 0.25) is 5.91 Å². The molecule has 0 bridgehead atoms. The molecule has 2 aliphatic rings. The maximum absolute atomic E-state index is 12.4.